The molecule has 2 N–H and O–H groups in total. The highest BCUT2D eigenvalue weighted by molar-refractivity contribution is 5.85. The van der Waals surface area contributed by atoms with Gasteiger partial charge in [-0.3, -0.25) is 4.90 Å². The van der Waals surface area contributed by atoms with E-state index in [2.05, 4.69) is 28.9 Å². The molecule has 1 aliphatic rings. The van der Waals surface area contributed by atoms with Crippen LogP contribution in [0.4, 0.5) is 0 Å². The standard InChI is InChI=1S/C18H27N3O2/c1-20(2)14-5-4-10-21(11-14)12-15(22)13-23-18-7-3-6-17-16(18)8-9-19-17/h3,6-9,14-15,19,22H,4-5,10-13H2,1-2H3. The fraction of sp³-hybridized carbons (Fsp3) is 0.556. The van der Waals surface area contributed by atoms with Crippen LogP contribution in [0.2, 0.25) is 0 Å². The van der Waals surface area contributed by atoms with Gasteiger partial charge in [-0.2, -0.15) is 0 Å². The second-order valence-corrected chi connectivity index (χ2v) is 6.68. The van der Waals surface area contributed by atoms with Crippen molar-refractivity contribution in [3.63, 3.8) is 0 Å². The number of aromatic nitrogens is 1. The first-order chi connectivity index (χ1) is 11.1. The van der Waals surface area contributed by atoms with Crippen molar-refractivity contribution in [3.05, 3.63) is 30.5 Å². The van der Waals surface area contributed by atoms with E-state index in [0.29, 0.717) is 19.2 Å². The second-order valence-electron chi connectivity index (χ2n) is 6.68. The highest BCUT2D eigenvalue weighted by Gasteiger charge is 2.23. The lowest BCUT2D eigenvalue weighted by Crippen LogP contribution is -2.48. The molecule has 23 heavy (non-hydrogen) atoms. The lowest BCUT2D eigenvalue weighted by atomic mass is 10.0. The number of aliphatic hydroxyl groups is 1. The average Bonchev–Trinajstić information content (AvgIpc) is 3.02. The molecule has 1 fully saturated rings. The predicted octanol–water partition coefficient (Wildman–Crippen LogP) is 1.93. The maximum absolute atomic E-state index is 10.3. The van der Waals surface area contributed by atoms with Gasteiger partial charge in [-0.15, -0.1) is 0 Å². The molecule has 0 aliphatic carbocycles. The molecule has 2 aromatic rings. The average molecular weight is 317 g/mol. The van der Waals surface area contributed by atoms with Gasteiger partial charge in [0, 0.05) is 36.2 Å². The van der Waals surface area contributed by atoms with E-state index in [1.54, 1.807) is 0 Å². The largest absolute Gasteiger partial charge is 0.490 e. The second kappa shape index (κ2) is 7.34. The third-order valence-corrected chi connectivity index (χ3v) is 4.67. The molecule has 3 rings (SSSR count). The molecular weight excluding hydrogens is 290 g/mol. The summed E-state index contributed by atoms with van der Waals surface area (Å²) >= 11 is 0. The Balaban J connectivity index is 1.51. The lowest BCUT2D eigenvalue weighted by molar-refractivity contribution is 0.0459. The van der Waals surface area contributed by atoms with E-state index >= 15 is 0 Å². The Labute approximate surface area is 137 Å². The summed E-state index contributed by atoms with van der Waals surface area (Å²) in [4.78, 5) is 7.80. The Morgan fingerprint density at radius 2 is 2.26 bits per heavy atom. The van der Waals surface area contributed by atoms with Crippen molar-refractivity contribution in [1.29, 1.82) is 0 Å². The van der Waals surface area contributed by atoms with Gasteiger partial charge in [0.05, 0.1) is 0 Å². The van der Waals surface area contributed by atoms with Gasteiger partial charge in [0.25, 0.3) is 0 Å². The topological polar surface area (TPSA) is 51.7 Å². The highest BCUT2D eigenvalue weighted by Crippen LogP contribution is 2.24. The molecular formula is C18H27N3O2. The molecule has 0 bridgehead atoms. The first-order valence-corrected chi connectivity index (χ1v) is 8.39. The number of β-amino-alcohol motifs (C(OH)–C–C–N with tert-alkyl or cyclic N) is 1. The fourth-order valence-corrected chi connectivity index (χ4v) is 3.34. The summed E-state index contributed by atoms with van der Waals surface area (Å²) < 4.78 is 5.85. The molecule has 1 aliphatic heterocycles. The number of aliphatic hydroxyl groups excluding tert-OH is 1. The van der Waals surface area contributed by atoms with Gasteiger partial charge < -0.3 is 19.7 Å². The number of hydrogen-bond acceptors (Lipinski definition) is 4. The van der Waals surface area contributed by atoms with Crippen LogP contribution in [0.5, 0.6) is 5.75 Å². The number of hydrogen-bond donors (Lipinski definition) is 2. The molecule has 126 valence electrons. The first-order valence-electron chi connectivity index (χ1n) is 8.39. The van der Waals surface area contributed by atoms with Crippen molar-refractivity contribution >= 4 is 10.9 Å². The molecule has 2 unspecified atom stereocenters. The minimum atomic E-state index is -0.467. The van der Waals surface area contributed by atoms with E-state index in [1.807, 2.05) is 30.5 Å². The number of nitrogens with one attached hydrogen (secondary N) is 1. The molecule has 5 heteroatoms. The van der Waals surface area contributed by atoms with Gasteiger partial charge in [0.2, 0.25) is 0 Å². The molecule has 1 aromatic carbocycles. The maximum atomic E-state index is 10.3. The third kappa shape index (κ3) is 4.05. The summed E-state index contributed by atoms with van der Waals surface area (Å²) in [5.74, 6) is 0.826. The molecule has 0 amide bonds. The number of rotatable bonds is 6. The quantitative estimate of drug-likeness (QED) is 0.855. The van der Waals surface area contributed by atoms with Crippen LogP contribution in [-0.2, 0) is 0 Å². The van der Waals surface area contributed by atoms with Crippen molar-refractivity contribution in [3.8, 4) is 5.75 Å². The summed E-state index contributed by atoms with van der Waals surface area (Å²) in [5, 5.41) is 11.4. The van der Waals surface area contributed by atoms with E-state index in [-0.39, 0.29) is 0 Å². The number of likely N-dealkylation sites (N-methyl/N-ethyl adjacent to an activating group) is 1. The minimum Gasteiger partial charge on any atom is -0.490 e. The van der Waals surface area contributed by atoms with E-state index in [1.165, 1.54) is 12.8 Å². The number of H-pyrrole nitrogens is 1. The van der Waals surface area contributed by atoms with E-state index in [0.717, 1.165) is 29.7 Å². The molecule has 5 nitrogen and oxygen atoms in total. The number of nitrogens with zero attached hydrogens (tertiary/aromatic N) is 2. The zero-order valence-corrected chi connectivity index (χ0v) is 14.0. The summed E-state index contributed by atoms with van der Waals surface area (Å²) in [6, 6.07) is 8.53. The Morgan fingerprint density at radius 1 is 1.39 bits per heavy atom. The number of aromatic amines is 1. The predicted molar refractivity (Wildman–Crippen MR) is 92.9 cm³/mol. The number of piperidine rings is 1. The highest BCUT2D eigenvalue weighted by atomic mass is 16.5. The van der Waals surface area contributed by atoms with Gasteiger partial charge in [-0.1, -0.05) is 6.07 Å². The minimum absolute atomic E-state index is 0.327. The van der Waals surface area contributed by atoms with Crippen molar-refractivity contribution in [2.75, 3.05) is 40.3 Å². The van der Waals surface area contributed by atoms with Crippen LogP contribution in [0.25, 0.3) is 10.9 Å². The molecule has 1 saturated heterocycles. The Bertz CT molecular complexity index is 626. The van der Waals surface area contributed by atoms with Crippen LogP contribution >= 0.6 is 0 Å². The van der Waals surface area contributed by atoms with Crippen LogP contribution in [0.3, 0.4) is 0 Å². The van der Waals surface area contributed by atoms with Crippen molar-refractivity contribution in [2.24, 2.45) is 0 Å². The maximum Gasteiger partial charge on any atom is 0.128 e. The summed E-state index contributed by atoms with van der Waals surface area (Å²) in [7, 11) is 4.26. The third-order valence-electron chi connectivity index (χ3n) is 4.67. The SMILES string of the molecule is CN(C)C1CCCN(CC(O)COc2cccc3[nH]ccc23)C1. The van der Waals surface area contributed by atoms with Crippen molar-refractivity contribution in [2.45, 2.75) is 25.0 Å². The summed E-state index contributed by atoms with van der Waals surface area (Å²) in [5.41, 5.74) is 1.06. The lowest BCUT2D eigenvalue weighted by Gasteiger charge is -2.36. The zero-order valence-electron chi connectivity index (χ0n) is 14.0. The number of benzene rings is 1. The molecule has 2 heterocycles. The number of likely N-dealkylation sites (tertiary alicyclic amines) is 1. The summed E-state index contributed by atoms with van der Waals surface area (Å²) in [6.45, 7) is 3.09. The van der Waals surface area contributed by atoms with Crippen LogP contribution in [0, 0.1) is 0 Å². The number of fused-ring (bicyclic) bond motifs is 1. The van der Waals surface area contributed by atoms with Gasteiger partial charge in [-0.25, -0.2) is 0 Å². The Hall–Kier alpha value is -1.56. The normalized spacial score (nSPS) is 21.0. The molecule has 1 aromatic heterocycles. The fourth-order valence-electron chi connectivity index (χ4n) is 3.34. The van der Waals surface area contributed by atoms with Crippen LogP contribution in [0.1, 0.15) is 12.8 Å². The van der Waals surface area contributed by atoms with Crippen molar-refractivity contribution < 1.29 is 9.84 Å². The zero-order chi connectivity index (χ0) is 16.2. The first kappa shape index (κ1) is 16.3. The Morgan fingerprint density at radius 3 is 3.09 bits per heavy atom. The van der Waals surface area contributed by atoms with E-state index in [9.17, 15) is 5.11 Å². The smallest absolute Gasteiger partial charge is 0.128 e. The number of ether oxygens (including phenoxy) is 1. The van der Waals surface area contributed by atoms with Crippen molar-refractivity contribution in [1.82, 2.24) is 14.8 Å². The van der Waals surface area contributed by atoms with E-state index < -0.39 is 6.10 Å². The molecule has 0 radical (unpaired) electrons. The van der Waals surface area contributed by atoms with Gasteiger partial charge in [-0.05, 0) is 51.7 Å². The molecule has 0 saturated carbocycles. The van der Waals surface area contributed by atoms with Gasteiger partial charge >= 0.3 is 0 Å². The monoisotopic (exact) mass is 317 g/mol. The van der Waals surface area contributed by atoms with Crippen LogP contribution < -0.4 is 4.74 Å². The van der Waals surface area contributed by atoms with E-state index in [4.69, 9.17) is 4.74 Å². The van der Waals surface area contributed by atoms with Gasteiger partial charge in [0.1, 0.15) is 18.5 Å². The molecule has 2 atom stereocenters. The van der Waals surface area contributed by atoms with Crippen LogP contribution in [0.15, 0.2) is 30.5 Å². The molecule has 0 spiro atoms. The summed E-state index contributed by atoms with van der Waals surface area (Å²) in [6.07, 6.45) is 3.87. The Kier molecular flexibility index (Phi) is 5.20. The van der Waals surface area contributed by atoms with Gasteiger partial charge in [0.15, 0.2) is 0 Å². The van der Waals surface area contributed by atoms with Crippen LogP contribution in [-0.4, -0.2) is 72.4 Å².